The van der Waals surface area contributed by atoms with Gasteiger partial charge in [0, 0.05) is 13.7 Å². The lowest BCUT2D eigenvalue weighted by molar-refractivity contribution is -0.0337. The second kappa shape index (κ2) is 8.12. The van der Waals surface area contributed by atoms with E-state index >= 15 is 0 Å². The molecule has 2 rings (SSSR count). The normalized spacial score (nSPS) is 36.5. The van der Waals surface area contributed by atoms with Gasteiger partial charge in [0.2, 0.25) is 0 Å². The van der Waals surface area contributed by atoms with Crippen LogP contribution in [0.15, 0.2) is 0 Å². The number of nitrogens with one attached hydrogen (secondary N) is 1. The highest BCUT2D eigenvalue weighted by Crippen LogP contribution is 2.37. The molecule has 2 saturated carbocycles. The summed E-state index contributed by atoms with van der Waals surface area (Å²) >= 11 is 0. The lowest BCUT2D eigenvalue weighted by atomic mass is 9.86. The topological polar surface area (TPSA) is 54.3 Å². The van der Waals surface area contributed by atoms with E-state index in [1.165, 1.54) is 6.42 Å². The highest BCUT2D eigenvalue weighted by molar-refractivity contribution is 5.13. The van der Waals surface area contributed by atoms with E-state index in [0.29, 0.717) is 18.1 Å². The fourth-order valence-electron chi connectivity index (χ4n) is 4.05. The van der Waals surface area contributed by atoms with Gasteiger partial charge < -0.3 is 9.47 Å². The molecule has 4 unspecified atom stereocenters. The van der Waals surface area contributed by atoms with Gasteiger partial charge in [0.25, 0.3) is 0 Å². The van der Waals surface area contributed by atoms with Gasteiger partial charge in [-0.2, -0.15) is 5.26 Å². The van der Waals surface area contributed by atoms with E-state index in [-0.39, 0.29) is 5.54 Å². The molecule has 0 amide bonds. The number of methoxy groups -OCH3 is 1. The van der Waals surface area contributed by atoms with Gasteiger partial charge in [-0.05, 0) is 57.4 Å². The Kier molecular flexibility index (Phi) is 6.47. The highest BCUT2D eigenvalue weighted by Gasteiger charge is 2.42. The molecule has 0 aliphatic heterocycles. The van der Waals surface area contributed by atoms with Crippen molar-refractivity contribution in [3.05, 3.63) is 0 Å². The van der Waals surface area contributed by atoms with Crippen molar-refractivity contribution >= 4 is 0 Å². The maximum Gasteiger partial charge on any atom is 0.109 e. The van der Waals surface area contributed by atoms with E-state index in [9.17, 15) is 5.26 Å². The van der Waals surface area contributed by atoms with E-state index in [2.05, 4.69) is 18.3 Å². The van der Waals surface area contributed by atoms with Crippen LogP contribution in [-0.2, 0) is 9.47 Å². The van der Waals surface area contributed by atoms with Crippen molar-refractivity contribution in [2.24, 2.45) is 5.92 Å². The third-order valence-corrected chi connectivity index (χ3v) is 5.24. The summed E-state index contributed by atoms with van der Waals surface area (Å²) in [6.45, 7) is 3.72. The zero-order valence-electron chi connectivity index (χ0n) is 13.6. The number of nitrogens with zero attached hydrogens (tertiary/aromatic N) is 1. The molecule has 0 radical (unpaired) electrons. The van der Waals surface area contributed by atoms with Crippen LogP contribution < -0.4 is 5.32 Å². The van der Waals surface area contributed by atoms with Crippen molar-refractivity contribution < 1.29 is 9.47 Å². The van der Waals surface area contributed by atoms with Gasteiger partial charge in [-0.1, -0.05) is 13.3 Å². The van der Waals surface area contributed by atoms with Crippen molar-refractivity contribution in [1.82, 2.24) is 5.32 Å². The number of rotatable bonds is 7. The highest BCUT2D eigenvalue weighted by atomic mass is 16.5. The van der Waals surface area contributed by atoms with Crippen molar-refractivity contribution in [3.8, 4) is 6.07 Å². The average molecular weight is 294 g/mol. The summed E-state index contributed by atoms with van der Waals surface area (Å²) in [7, 11) is 1.79. The van der Waals surface area contributed by atoms with Crippen LogP contribution in [-0.4, -0.2) is 38.0 Å². The molecular formula is C17H30N2O2. The van der Waals surface area contributed by atoms with E-state index in [1.54, 1.807) is 7.11 Å². The number of hydrogen-bond donors (Lipinski definition) is 1. The van der Waals surface area contributed by atoms with Crippen molar-refractivity contribution in [2.45, 2.75) is 76.0 Å². The smallest absolute Gasteiger partial charge is 0.109 e. The fourth-order valence-corrected chi connectivity index (χ4v) is 4.05. The van der Waals surface area contributed by atoms with Crippen LogP contribution in [0.5, 0.6) is 0 Å². The maximum absolute atomic E-state index is 9.56. The summed E-state index contributed by atoms with van der Waals surface area (Å²) in [6.07, 6.45) is 9.54. The number of hydrogen-bond acceptors (Lipinski definition) is 4. The van der Waals surface area contributed by atoms with Crippen LogP contribution in [0.3, 0.4) is 0 Å². The van der Waals surface area contributed by atoms with Gasteiger partial charge in [-0.15, -0.1) is 0 Å². The molecule has 4 atom stereocenters. The molecule has 4 nitrogen and oxygen atoms in total. The van der Waals surface area contributed by atoms with E-state index in [4.69, 9.17) is 9.47 Å². The monoisotopic (exact) mass is 294 g/mol. The first-order chi connectivity index (χ1) is 10.2. The Hall–Kier alpha value is -0.630. The quantitative estimate of drug-likeness (QED) is 0.784. The van der Waals surface area contributed by atoms with E-state index in [1.807, 2.05) is 0 Å². The zero-order valence-corrected chi connectivity index (χ0v) is 13.6. The molecule has 0 aromatic rings. The van der Waals surface area contributed by atoms with Crippen LogP contribution in [0, 0.1) is 17.2 Å². The van der Waals surface area contributed by atoms with Gasteiger partial charge in [0.15, 0.2) is 0 Å². The predicted molar refractivity (Wildman–Crippen MR) is 83.0 cm³/mol. The molecule has 2 fully saturated rings. The molecule has 21 heavy (non-hydrogen) atoms. The third-order valence-electron chi connectivity index (χ3n) is 5.24. The molecule has 120 valence electrons. The Morgan fingerprint density at radius 1 is 1.24 bits per heavy atom. The second-order valence-corrected chi connectivity index (χ2v) is 6.51. The Morgan fingerprint density at radius 2 is 2.05 bits per heavy atom. The first-order valence-electron chi connectivity index (χ1n) is 8.54. The summed E-state index contributed by atoms with van der Waals surface area (Å²) in [5, 5.41) is 13.0. The largest absolute Gasteiger partial charge is 0.381 e. The summed E-state index contributed by atoms with van der Waals surface area (Å²) in [6, 6.07) is 2.55. The van der Waals surface area contributed by atoms with Gasteiger partial charge >= 0.3 is 0 Å². The first-order valence-corrected chi connectivity index (χ1v) is 8.54. The lowest BCUT2D eigenvalue weighted by Crippen LogP contribution is -2.47. The molecule has 0 aromatic carbocycles. The van der Waals surface area contributed by atoms with Crippen LogP contribution in [0.25, 0.3) is 0 Å². The zero-order chi connectivity index (χ0) is 15.1. The third kappa shape index (κ3) is 4.18. The lowest BCUT2D eigenvalue weighted by Gasteiger charge is -2.31. The standard InChI is InChI=1S/C17H30N2O2/c1-3-19-17(13-18)10-5-6-14(17)9-11-21-16-8-4-7-15(12-16)20-2/h14-16,19H,3-12H2,1-2H3. The summed E-state index contributed by atoms with van der Waals surface area (Å²) in [5.74, 6) is 0.435. The van der Waals surface area contributed by atoms with Crippen molar-refractivity contribution in [2.75, 3.05) is 20.3 Å². The fraction of sp³-hybridized carbons (Fsp3) is 0.941. The molecule has 0 aromatic heterocycles. The minimum absolute atomic E-state index is 0.306. The van der Waals surface area contributed by atoms with Crippen LogP contribution in [0.4, 0.5) is 0 Å². The summed E-state index contributed by atoms with van der Waals surface area (Å²) in [4.78, 5) is 0. The molecule has 2 aliphatic carbocycles. The van der Waals surface area contributed by atoms with Crippen LogP contribution in [0.1, 0.15) is 58.3 Å². The Labute approximate surface area is 129 Å². The molecule has 0 bridgehead atoms. The molecule has 0 heterocycles. The van der Waals surface area contributed by atoms with Crippen LogP contribution >= 0.6 is 0 Å². The molecule has 0 spiro atoms. The Bertz CT molecular complexity index is 355. The minimum atomic E-state index is -0.306. The van der Waals surface area contributed by atoms with Crippen molar-refractivity contribution in [3.63, 3.8) is 0 Å². The second-order valence-electron chi connectivity index (χ2n) is 6.51. The summed E-state index contributed by atoms with van der Waals surface area (Å²) < 4.78 is 11.5. The maximum atomic E-state index is 9.56. The van der Waals surface area contributed by atoms with E-state index < -0.39 is 0 Å². The predicted octanol–water partition coefficient (Wildman–Crippen LogP) is 3.02. The Balaban J connectivity index is 1.76. The molecule has 2 aliphatic rings. The van der Waals surface area contributed by atoms with Gasteiger partial charge in [0.1, 0.15) is 5.54 Å². The number of ether oxygens (including phenoxy) is 2. The first kappa shape index (κ1) is 16.7. The van der Waals surface area contributed by atoms with Gasteiger partial charge in [0.05, 0.1) is 18.3 Å². The summed E-state index contributed by atoms with van der Waals surface area (Å²) in [5.41, 5.74) is -0.306. The van der Waals surface area contributed by atoms with Crippen molar-refractivity contribution in [1.29, 1.82) is 5.26 Å². The molecule has 0 saturated heterocycles. The number of nitriles is 1. The molecule has 1 N–H and O–H groups in total. The van der Waals surface area contributed by atoms with Gasteiger partial charge in [-0.3, -0.25) is 5.32 Å². The molecular weight excluding hydrogens is 264 g/mol. The average Bonchev–Trinajstić information content (AvgIpc) is 2.91. The van der Waals surface area contributed by atoms with Gasteiger partial charge in [-0.25, -0.2) is 0 Å². The van der Waals surface area contributed by atoms with E-state index in [0.717, 1.165) is 58.1 Å². The molecule has 4 heteroatoms. The minimum Gasteiger partial charge on any atom is -0.381 e. The Morgan fingerprint density at radius 3 is 2.76 bits per heavy atom. The van der Waals surface area contributed by atoms with Crippen LogP contribution in [0.2, 0.25) is 0 Å². The SMILES string of the molecule is CCNC1(C#N)CCCC1CCOC1CCCC(OC)C1.